The van der Waals surface area contributed by atoms with Crippen LogP contribution in [0, 0.1) is 13.8 Å². The van der Waals surface area contributed by atoms with E-state index in [1.807, 2.05) is 20.8 Å². The van der Waals surface area contributed by atoms with Gasteiger partial charge in [0.2, 0.25) is 0 Å². The number of thiophene rings is 1. The van der Waals surface area contributed by atoms with E-state index in [1.54, 1.807) is 11.3 Å². The summed E-state index contributed by atoms with van der Waals surface area (Å²) in [6.07, 6.45) is 0.221. The zero-order valence-electron chi connectivity index (χ0n) is 12.4. The van der Waals surface area contributed by atoms with Crippen LogP contribution in [0.4, 0.5) is 5.82 Å². The first-order valence-electron chi connectivity index (χ1n) is 6.70. The Morgan fingerprint density at radius 1 is 1.20 bits per heavy atom. The van der Waals surface area contributed by atoms with Crippen molar-refractivity contribution in [2.45, 2.75) is 40.4 Å². The third-order valence-corrected chi connectivity index (χ3v) is 4.11. The molecule has 0 fully saturated rings. The predicted octanol–water partition coefficient (Wildman–Crippen LogP) is 2.83. The molecule has 0 aliphatic heterocycles. The molecule has 20 heavy (non-hydrogen) atoms. The van der Waals surface area contributed by atoms with E-state index >= 15 is 0 Å². The number of nitrogen functional groups attached to an aromatic ring is 1. The Bertz CT molecular complexity index is 596. The van der Waals surface area contributed by atoms with Crippen molar-refractivity contribution in [3.63, 3.8) is 0 Å². The predicted molar refractivity (Wildman–Crippen MR) is 82.0 cm³/mol. The van der Waals surface area contributed by atoms with Gasteiger partial charge in [0.15, 0.2) is 5.82 Å². The summed E-state index contributed by atoms with van der Waals surface area (Å²) in [6, 6.07) is 0. The lowest BCUT2D eigenvalue weighted by Gasteiger charge is -2.08. The maximum Gasteiger partial charge on any atom is 0.158 e. The summed E-state index contributed by atoms with van der Waals surface area (Å²) < 4.78 is 10.9. The Morgan fingerprint density at radius 2 is 1.95 bits per heavy atom. The molecule has 0 aliphatic rings. The van der Waals surface area contributed by atoms with Gasteiger partial charge in [-0.3, -0.25) is 0 Å². The second-order valence-corrected chi connectivity index (χ2v) is 6.16. The van der Waals surface area contributed by atoms with Gasteiger partial charge in [0.05, 0.1) is 24.7 Å². The highest BCUT2D eigenvalue weighted by atomic mass is 32.1. The number of nitrogens with zero attached hydrogens (tertiary/aromatic N) is 2. The van der Waals surface area contributed by atoms with E-state index in [0.29, 0.717) is 31.5 Å². The van der Waals surface area contributed by atoms with Gasteiger partial charge in [-0.25, -0.2) is 9.97 Å². The van der Waals surface area contributed by atoms with E-state index in [-0.39, 0.29) is 6.10 Å². The smallest absolute Gasteiger partial charge is 0.158 e. The summed E-state index contributed by atoms with van der Waals surface area (Å²) >= 11 is 1.64. The normalized spacial score (nSPS) is 11.7. The lowest BCUT2D eigenvalue weighted by atomic mass is 10.2. The SMILES string of the molecule is Cc1sc2nc(COCCOC(C)C)nc(N)c2c1C. The van der Waals surface area contributed by atoms with Crippen LogP contribution in [0.5, 0.6) is 0 Å². The minimum atomic E-state index is 0.221. The van der Waals surface area contributed by atoms with Gasteiger partial charge in [-0.1, -0.05) is 0 Å². The maximum atomic E-state index is 6.02. The van der Waals surface area contributed by atoms with Crippen LogP contribution in [0.1, 0.15) is 30.1 Å². The van der Waals surface area contributed by atoms with Gasteiger partial charge in [0, 0.05) is 4.88 Å². The van der Waals surface area contributed by atoms with Crippen LogP contribution < -0.4 is 5.73 Å². The van der Waals surface area contributed by atoms with Crippen LogP contribution in [0.25, 0.3) is 10.2 Å². The van der Waals surface area contributed by atoms with Crippen molar-refractivity contribution >= 4 is 27.4 Å². The van der Waals surface area contributed by atoms with Gasteiger partial charge in [0.1, 0.15) is 17.3 Å². The fourth-order valence-corrected chi connectivity index (χ4v) is 2.95. The Balaban J connectivity index is 2.01. The summed E-state index contributed by atoms with van der Waals surface area (Å²) in [5, 5.41) is 0.972. The molecule has 110 valence electrons. The fraction of sp³-hybridized carbons (Fsp3) is 0.571. The molecule has 2 aromatic heterocycles. The second-order valence-electron chi connectivity index (χ2n) is 4.96. The highest BCUT2D eigenvalue weighted by molar-refractivity contribution is 7.18. The van der Waals surface area contributed by atoms with E-state index in [1.165, 1.54) is 10.4 Å². The first-order chi connectivity index (χ1) is 9.49. The highest BCUT2D eigenvalue weighted by Gasteiger charge is 2.12. The van der Waals surface area contributed by atoms with Crippen molar-refractivity contribution in [2.75, 3.05) is 18.9 Å². The lowest BCUT2D eigenvalue weighted by molar-refractivity contribution is 0.0128. The third-order valence-electron chi connectivity index (χ3n) is 3.01. The van der Waals surface area contributed by atoms with Crippen LogP contribution in [-0.2, 0) is 16.1 Å². The molecule has 0 aliphatic carbocycles. The molecule has 0 bridgehead atoms. The van der Waals surface area contributed by atoms with Crippen LogP contribution >= 0.6 is 11.3 Å². The van der Waals surface area contributed by atoms with Crippen LogP contribution in [0.2, 0.25) is 0 Å². The standard InChI is InChI=1S/C14H21N3O2S/c1-8(2)19-6-5-18-7-11-16-13(15)12-9(3)10(4)20-14(12)17-11/h8H,5-7H2,1-4H3,(H2,15,16,17). The number of nitrogens with two attached hydrogens (primary N) is 1. The lowest BCUT2D eigenvalue weighted by Crippen LogP contribution is -2.10. The average Bonchev–Trinajstić information content (AvgIpc) is 2.64. The Labute approximate surface area is 123 Å². The molecule has 5 nitrogen and oxygen atoms in total. The first-order valence-corrected chi connectivity index (χ1v) is 7.52. The quantitative estimate of drug-likeness (QED) is 0.830. The van der Waals surface area contributed by atoms with E-state index in [9.17, 15) is 0 Å². The average molecular weight is 295 g/mol. The fourth-order valence-electron chi connectivity index (χ4n) is 1.90. The third kappa shape index (κ3) is 3.45. The summed E-state index contributed by atoms with van der Waals surface area (Å²) in [5.74, 6) is 1.16. The zero-order chi connectivity index (χ0) is 14.7. The number of anilines is 1. The molecule has 2 rings (SSSR count). The van der Waals surface area contributed by atoms with Gasteiger partial charge in [-0.05, 0) is 33.3 Å². The number of hydrogen-bond donors (Lipinski definition) is 1. The minimum absolute atomic E-state index is 0.221. The number of aryl methyl sites for hydroxylation is 2. The van der Waals surface area contributed by atoms with Gasteiger partial charge >= 0.3 is 0 Å². The second kappa shape index (κ2) is 6.47. The van der Waals surface area contributed by atoms with Crippen LogP contribution in [0.3, 0.4) is 0 Å². The zero-order valence-corrected chi connectivity index (χ0v) is 13.2. The van der Waals surface area contributed by atoms with Crippen LogP contribution in [0.15, 0.2) is 0 Å². The van der Waals surface area contributed by atoms with Gasteiger partial charge < -0.3 is 15.2 Å². The number of ether oxygens (including phenoxy) is 2. The van der Waals surface area contributed by atoms with Gasteiger partial charge in [-0.15, -0.1) is 11.3 Å². The molecule has 0 saturated carbocycles. The molecular weight excluding hydrogens is 274 g/mol. The molecule has 0 amide bonds. The summed E-state index contributed by atoms with van der Waals surface area (Å²) in [7, 11) is 0. The highest BCUT2D eigenvalue weighted by Crippen LogP contribution is 2.31. The summed E-state index contributed by atoms with van der Waals surface area (Å²) in [5.41, 5.74) is 7.18. The molecule has 2 heterocycles. The van der Waals surface area contributed by atoms with E-state index < -0.39 is 0 Å². The molecular formula is C14H21N3O2S. The number of hydrogen-bond acceptors (Lipinski definition) is 6. The molecule has 0 radical (unpaired) electrons. The number of aromatic nitrogens is 2. The molecule has 0 saturated heterocycles. The Morgan fingerprint density at radius 3 is 2.65 bits per heavy atom. The number of rotatable bonds is 6. The Hall–Kier alpha value is -1.24. The van der Waals surface area contributed by atoms with E-state index in [4.69, 9.17) is 15.2 Å². The van der Waals surface area contributed by atoms with Crippen LogP contribution in [-0.4, -0.2) is 29.3 Å². The Kier molecular flexibility index (Phi) is 4.91. The van der Waals surface area contributed by atoms with Gasteiger partial charge in [-0.2, -0.15) is 0 Å². The van der Waals surface area contributed by atoms with E-state index in [2.05, 4.69) is 16.9 Å². The molecule has 0 atom stereocenters. The first kappa shape index (κ1) is 15.2. The number of fused-ring (bicyclic) bond motifs is 1. The molecule has 2 N–H and O–H groups in total. The largest absolute Gasteiger partial charge is 0.383 e. The molecule has 0 spiro atoms. The van der Waals surface area contributed by atoms with Crippen molar-refractivity contribution in [2.24, 2.45) is 0 Å². The van der Waals surface area contributed by atoms with Crippen molar-refractivity contribution < 1.29 is 9.47 Å². The van der Waals surface area contributed by atoms with Crippen molar-refractivity contribution in [1.29, 1.82) is 0 Å². The topological polar surface area (TPSA) is 70.3 Å². The van der Waals surface area contributed by atoms with Gasteiger partial charge in [0.25, 0.3) is 0 Å². The molecule has 2 aromatic rings. The molecule has 0 unspecified atom stereocenters. The summed E-state index contributed by atoms with van der Waals surface area (Å²) in [4.78, 5) is 11.0. The molecule has 0 aromatic carbocycles. The van der Waals surface area contributed by atoms with Crippen molar-refractivity contribution in [3.8, 4) is 0 Å². The molecule has 6 heteroatoms. The maximum absolute atomic E-state index is 6.02. The van der Waals surface area contributed by atoms with E-state index in [0.717, 1.165) is 10.2 Å². The monoisotopic (exact) mass is 295 g/mol. The minimum Gasteiger partial charge on any atom is -0.383 e. The van der Waals surface area contributed by atoms with Crippen molar-refractivity contribution in [3.05, 3.63) is 16.3 Å². The summed E-state index contributed by atoms with van der Waals surface area (Å²) in [6.45, 7) is 9.58. The van der Waals surface area contributed by atoms with Crippen molar-refractivity contribution in [1.82, 2.24) is 9.97 Å².